The molecule has 6 nitrogen and oxygen atoms in total. The van der Waals surface area contributed by atoms with Crippen LogP contribution in [-0.2, 0) is 6.42 Å². The summed E-state index contributed by atoms with van der Waals surface area (Å²) in [4.78, 5) is 0. The third-order valence-electron chi connectivity index (χ3n) is 4.34. The molecule has 4 aromatic rings. The number of anilines is 2. The fourth-order valence-corrected chi connectivity index (χ4v) is 3.13. The number of ether oxygens (including phenoxy) is 1. The van der Waals surface area contributed by atoms with Gasteiger partial charge in [-0.15, -0.1) is 15.3 Å². The molecule has 0 amide bonds. The summed E-state index contributed by atoms with van der Waals surface area (Å²) in [6.07, 6.45) is 0.644. The molecule has 1 N–H and O–H groups in total. The van der Waals surface area contributed by atoms with Crippen molar-refractivity contribution in [3.8, 4) is 5.75 Å². The topological polar surface area (TPSA) is 64.3 Å². The number of methoxy groups -OCH3 is 1. The Balaban J connectivity index is 1.62. The first kappa shape index (κ1) is 17.0. The van der Waals surface area contributed by atoms with Crippen molar-refractivity contribution in [3.05, 3.63) is 77.1 Å². The van der Waals surface area contributed by atoms with Gasteiger partial charge in [0, 0.05) is 12.1 Å². The second-order valence-corrected chi connectivity index (χ2v) is 6.63. The Labute approximate surface area is 157 Å². The van der Waals surface area contributed by atoms with Gasteiger partial charge in [0.1, 0.15) is 5.75 Å². The number of fused-ring (bicyclic) bond motifs is 1. The molecule has 4 rings (SSSR count). The Bertz CT molecular complexity index is 1070. The van der Waals surface area contributed by atoms with E-state index in [1.807, 2.05) is 36.4 Å². The van der Waals surface area contributed by atoms with Crippen molar-refractivity contribution in [2.45, 2.75) is 20.3 Å². The van der Waals surface area contributed by atoms with Gasteiger partial charge < -0.3 is 10.1 Å². The van der Waals surface area contributed by atoms with Crippen molar-refractivity contribution < 1.29 is 4.74 Å². The van der Waals surface area contributed by atoms with Gasteiger partial charge in [-0.2, -0.15) is 4.52 Å². The van der Waals surface area contributed by atoms with Crippen LogP contribution in [0.15, 0.2) is 54.6 Å². The van der Waals surface area contributed by atoms with Crippen molar-refractivity contribution in [1.82, 2.24) is 19.8 Å². The van der Waals surface area contributed by atoms with Crippen LogP contribution in [0.4, 0.5) is 11.5 Å². The van der Waals surface area contributed by atoms with E-state index >= 15 is 0 Å². The van der Waals surface area contributed by atoms with Crippen LogP contribution < -0.4 is 10.1 Å². The molecule has 136 valence electrons. The average molecular weight is 359 g/mol. The largest absolute Gasteiger partial charge is 0.497 e. The van der Waals surface area contributed by atoms with Gasteiger partial charge in [-0.1, -0.05) is 18.2 Å². The predicted octanol–water partition coefficient (Wildman–Crippen LogP) is 4.08. The zero-order valence-corrected chi connectivity index (χ0v) is 15.6. The number of nitrogens with zero attached hydrogens (tertiary/aromatic N) is 4. The molecule has 0 spiro atoms. The molecule has 0 atom stereocenters. The van der Waals surface area contributed by atoms with Gasteiger partial charge in [0.15, 0.2) is 17.3 Å². The van der Waals surface area contributed by atoms with Gasteiger partial charge in [0.25, 0.3) is 0 Å². The van der Waals surface area contributed by atoms with Gasteiger partial charge in [-0.25, -0.2) is 0 Å². The van der Waals surface area contributed by atoms with E-state index in [1.54, 1.807) is 11.6 Å². The van der Waals surface area contributed by atoms with Crippen molar-refractivity contribution in [2.24, 2.45) is 0 Å². The molecule has 0 radical (unpaired) electrons. The SMILES string of the molecule is COc1ccc(Cc2nnc3ccc(Nc4cc(C)cc(C)c4)nn23)cc1. The molecule has 0 fully saturated rings. The van der Waals surface area contributed by atoms with Gasteiger partial charge in [0.05, 0.1) is 7.11 Å². The molecule has 0 unspecified atom stereocenters. The van der Waals surface area contributed by atoms with Crippen LogP contribution in [0.3, 0.4) is 0 Å². The van der Waals surface area contributed by atoms with E-state index in [4.69, 9.17) is 4.74 Å². The van der Waals surface area contributed by atoms with E-state index in [9.17, 15) is 0 Å². The minimum absolute atomic E-state index is 0.644. The number of nitrogens with one attached hydrogen (secondary N) is 1. The Hall–Kier alpha value is -3.41. The summed E-state index contributed by atoms with van der Waals surface area (Å²) < 4.78 is 7.00. The first-order chi connectivity index (χ1) is 13.1. The number of hydrogen-bond donors (Lipinski definition) is 1. The first-order valence-corrected chi connectivity index (χ1v) is 8.80. The summed E-state index contributed by atoms with van der Waals surface area (Å²) >= 11 is 0. The maximum absolute atomic E-state index is 5.21. The van der Waals surface area contributed by atoms with Crippen LogP contribution in [0.5, 0.6) is 5.75 Å². The number of benzene rings is 2. The highest BCUT2D eigenvalue weighted by molar-refractivity contribution is 5.59. The Morgan fingerprint density at radius 3 is 2.37 bits per heavy atom. The monoisotopic (exact) mass is 359 g/mol. The average Bonchev–Trinajstić information content (AvgIpc) is 3.04. The van der Waals surface area contributed by atoms with Gasteiger partial charge >= 0.3 is 0 Å². The first-order valence-electron chi connectivity index (χ1n) is 8.80. The lowest BCUT2D eigenvalue weighted by atomic mass is 10.1. The summed E-state index contributed by atoms with van der Waals surface area (Å²) in [6, 6.07) is 18.1. The van der Waals surface area contributed by atoms with Crippen LogP contribution in [0.1, 0.15) is 22.5 Å². The zero-order chi connectivity index (χ0) is 18.8. The van der Waals surface area contributed by atoms with Gasteiger partial charge in [-0.05, 0) is 66.9 Å². The summed E-state index contributed by atoms with van der Waals surface area (Å²) in [5.41, 5.74) is 5.29. The second kappa shape index (κ2) is 7.07. The normalized spacial score (nSPS) is 10.9. The third-order valence-corrected chi connectivity index (χ3v) is 4.34. The van der Waals surface area contributed by atoms with Crippen LogP contribution in [-0.4, -0.2) is 26.9 Å². The third kappa shape index (κ3) is 3.74. The van der Waals surface area contributed by atoms with Crippen molar-refractivity contribution in [2.75, 3.05) is 12.4 Å². The van der Waals surface area contributed by atoms with E-state index in [0.29, 0.717) is 6.42 Å². The molecule has 0 saturated heterocycles. The van der Waals surface area contributed by atoms with Gasteiger partial charge in [-0.3, -0.25) is 0 Å². The highest BCUT2D eigenvalue weighted by Crippen LogP contribution is 2.19. The molecule has 27 heavy (non-hydrogen) atoms. The smallest absolute Gasteiger partial charge is 0.178 e. The highest BCUT2D eigenvalue weighted by atomic mass is 16.5. The van der Waals surface area contributed by atoms with Crippen molar-refractivity contribution >= 4 is 17.2 Å². The molecule has 6 heteroatoms. The fraction of sp³-hybridized carbons (Fsp3) is 0.190. The fourth-order valence-electron chi connectivity index (χ4n) is 3.13. The van der Waals surface area contributed by atoms with Crippen LogP contribution >= 0.6 is 0 Å². The molecule has 0 aliphatic carbocycles. The summed E-state index contributed by atoms with van der Waals surface area (Å²) in [5.74, 6) is 2.38. The van der Waals surface area contributed by atoms with E-state index in [0.717, 1.165) is 34.3 Å². The Kier molecular flexibility index (Phi) is 4.46. The molecule has 0 saturated carbocycles. The highest BCUT2D eigenvalue weighted by Gasteiger charge is 2.09. The lowest BCUT2D eigenvalue weighted by Gasteiger charge is -2.08. The van der Waals surface area contributed by atoms with Crippen LogP contribution in [0.2, 0.25) is 0 Å². The molecular formula is C21H21N5O. The molecule has 2 heterocycles. The van der Waals surface area contributed by atoms with E-state index < -0.39 is 0 Å². The molecule has 0 aliphatic heterocycles. The van der Waals surface area contributed by atoms with Crippen molar-refractivity contribution in [1.29, 1.82) is 0 Å². The Morgan fingerprint density at radius 2 is 1.67 bits per heavy atom. The van der Waals surface area contributed by atoms with E-state index in [2.05, 4.69) is 52.7 Å². The summed E-state index contributed by atoms with van der Waals surface area (Å²) in [6.45, 7) is 4.17. The lowest BCUT2D eigenvalue weighted by molar-refractivity contribution is 0.414. The molecular weight excluding hydrogens is 338 g/mol. The van der Waals surface area contributed by atoms with Crippen molar-refractivity contribution in [3.63, 3.8) is 0 Å². The number of aryl methyl sites for hydroxylation is 2. The van der Waals surface area contributed by atoms with Crippen LogP contribution in [0.25, 0.3) is 5.65 Å². The van der Waals surface area contributed by atoms with E-state index in [1.165, 1.54) is 11.1 Å². The number of rotatable bonds is 5. The second-order valence-electron chi connectivity index (χ2n) is 6.63. The molecule has 2 aromatic carbocycles. The zero-order valence-electron chi connectivity index (χ0n) is 15.6. The number of aromatic nitrogens is 4. The van der Waals surface area contributed by atoms with E-state index in [-0.39, 0.29) is 0 Å². The Morgan fingerprint density at radius 1 is 0.926 bits per heavy atom. The molecule has 2 aromatic heterocycles. The minimum Gasteiger partial charge on any atom is -0.497 e. The maximum atomic E-state index is 5.21. The standard InChI is InChI=1S/C21H21N5O/c1-14-10-15(2)12-17(11-14)22-19-8-9-20-23-24-21(26(20)25-19)13-16-4-6-18(27-3)7-5-16/h4-12H,13H2,1-3H3,(H,22,25). The minimum atomic E-state index is 0.644. The molecule has 0 bridgehead atoms. The lowest BCUT2D eigenvalue weighted by Crippen LogP contribution is -2.03. The van der Waals surface area contributed by atoms with Gasteiger partial charge in [0.2, 0.25) is 0 Å². The summed E-state index contributed by atoms with van der Waals surface area (Å²) in [5, 5.41) is 16.6. The predicted molar refractivity (Wildman–Crippen MR) is 106 cm³/mol. The summed E-state index contributed by atoms with van der Waals surface area (Å²) in [7, 11) is 1.66. The molecule has 0 aliphatic rings. The quantitative estimate of drug-likeness (QED) is 0.581. The van der Waals surface area contributed by atoms with Crippen LogP contribution in [0, 0.1) is 13.8 Å². The maximum Gasteiger partial charge on any atom is 0.178 e. The number of hydrogen-bond acceptors (Lipinski definition) is 5.